The van der Waals surface area contributed by atoms with E-state index in [0.717, 1.165) is 0 Å². The van der Waals surface area contributed by atoms with Crippen LogP contribution < -0.4 is 0 Å². The van der Waals surface area contributed by atoms with Crippen molar-refractivity contribution in [3.63, 3.8) is 0 Å². The lowest BCUT2D eigenvalue weighted by atomic mass is 9.68. The van der Waals surface area contributed by atoms with Gasteiger partial charge in [-0.15, -0.1) is 0 Å². The Hall–Kier alpha value is -2.83. The highest BCUT2D eigenvalue weighted by Crippen LogP contribution is 2.56. The van der Waals surface area contributed by atoms with Gasteiger partial charge in [-0.3, -0.25) is 0 Å². The molecule has 0 unspecified atom stereocenters. The first-order valence-corrected chi connectivity index (χ1v) is 7.82. The van der Waals surface area contributed by atoms with Gasteiger partial charge >= 0.3 is 0 Å². The maximum Gasteiger partial charge on any atom is 0.0714 e. The van der Waals surface area contributed by atoms with Gasteiger partial charge in [0.1, 0.15) is 0 Å². The molecule has 1 aliphatic carbocycles. The molecule has 0 fully saturated rings. The van der Waals surface area contributed by atoms with Crippen molar-refractivity contribution in [1.82, 2.24) is 0 Å². The van der Waals surface area contributed by atoms with E-state index in [0.29, 0.717) is 0 Å². The Morgan fingerprint density at radius 3 is 1.77 bits per heavy atom. The average Bonchev–Trinajstić information content (AvgIpc) is 3.28. The van der Waals surface area contributed by atoms with Gasteiger partial charge < -0.3 is 0 Å². The Balaban J connectivity index is 2.34. The summed E-state index contributed by atoms with van der Waals surface area (Å²) in [4.78, 5) is 0. The normalized spacial score (nSPS) is 23.0. The zero-order chi connectivity index (χ0) is 32.4. The number of hydrogen-bond donors (Lipinski definition) is 0. The zero-order valence-electron chi connectivity index (χ0n) is 29.9. The summed E-state index contributed by atoms with van der Waals surface area (Å²) in [7, 11) is 0. The van der Waals surface area contributed by atoms with Gasteiger partial charge in [-0.05, 0) is 45.5 Å². The predicted molar refractivity (Wildman–Crippen MR) is 109 cm³/mol. The molecule has 0 amide bonds. The van der Waals surface area contributed by atoms with E-state index in [1.54, 1.807) is 0 Å². The maximum atomic E-state index is 9.02. The summed E-state index contributed by atoms with van der Waals surface area (Å²) < 4.78 is 146. The van der Waals surface area contributed by atoms with E-state index >= 15 is 0 Å². The van der Waals surface area contributed by atoms with Crippen LogP contribution in [-0.2, 0) is 5.41 Å². The summed E-state index contributed by atoms with van der Waals surface area (Å²) in [5.41, 5.74) is -6.56. The van der Waals surface area contributed by atoms with Crippen LogP contribution in [0.4, 0.5) is 0 Å². The quantitative estimate of drug-likeness (QED) is 0.324. The van der Waals surface area contributed by atoms with E-state index in [-0.39, 0.29) is 0 Å². The second-order valence-electron chi connectivity index (χ2n) is 5.44. The van der Waals surface area contributed by atoms with E-state index in [1.165, 1.54) is 0 Å². The van der Waals surface area contributed by atoms with Crippen molar-refractivity contribution in [1.29, 1.82) is 0 Å². The van der Waals surface area contributed by atoms with E-state index in [2.05, 4.69) is 0 Å². The smallest absolute Gasteiger partial charge is 0.0714 e. The Kier molecular flexibility index (Phi) is 1.32. The molecular weight excluding hydrogens is 336 g/mol. The molecule has 0 bridgehead atoms. The number of hydrogen-bond acceptors (Lipinski definition) is 0. The van der Waals surface area contributed by atoms with Gasteiger partial charge in [0.15, 0.2) is 0 Å². The molecule has 0 nitrogen and oxygen atoms in total. The lowest BCUT2D eigenvalue weighted by Crippen LogP contribution is -2.28. The third kappa shape index (κ3) is 2.03. The van der Waals surface area contributed by atoms with Crippen molar-refractivity contribution < 1.29 is 23.3 Å². The Morgan fingerprint density at radius 2 is 1.12 bits per heavy atom. The molecule has 0 atom stereocenters. The maximum absolute atomic E-state index is 9.02. The van der Waals surface area contributed by atoms with Crippen LogP contribution in [0.15, 0.2) is 103 Å². The van der Waals surface area contributed by atoms with Crippen LogP contribution >= 0.6 is 11.6 Å². The highest BCUT2D eigenvalue weighted by Gasteiger charge is 2.45. The number of rotatable bonds is 2. The molecule has 5 rings (SSSR count). The molecule has 0 saturated carbocycles. The topological polar surface area (TPSA) is 0 Å². The van der Waals surface area contributed by atoms with Crippen molar-refractivity contribution in [3.8, 4) is 11.1 Å². The fraction of sp³-hybridized carbons (Fsp3) is 0.0400. The highest BCUT2D eigenvalue weighted by atomic mass is 35.5. The molecule has 1 aliphatic rings. The van der Waals surface area contributed by atoms with Gasteiger partial charge in [0.2, 0.25) is 0 Å². The summed E-state index contributed by atoms with van der Waals surface area (Å²) in [6, 6.07) is -14.8. The number of fused-ring (bicyclic) bond motifs is 3. The Morgan fingerprint density at radius 1 is 0.577 bits per heavy atom. The van der Waals surface area contributed by atoms with Crippen molar-refractivity contribution in [3.05, 3.63) is 130 Å². The van der Waals surface area contributed by atoms with Gasteiger partial charge in [0, 0.05) is 5.02 Å². The fourth-order valence-electron chi connectivity index (χ4n) is 3.26. The van der Waals surface area contributed by atoms with Crippen molar-refractivity contribution in [2.75, 3.05) is 0 Å². The molecule has 0 aliphatic heterocycles. The lowest BCUT2D eigenvalue weighted by Gasteiger charge is -2.33. The van der Waals surface area contributed by atoms with Crippen LogP contribution in [-0.4, -0.2) is 0 Å². The molecule has 0 heterocycles. The first-order chi connectivity index (χ1) is 19.9. The Bertz CT molecular complexity index is 1770. The van der Waals surface area contributed by atoms with Crippen molar-refractivity contribution in [2.24, 2.45) is 0 Å². The van der Waals surface area contributed by atoms with E-state index in [9.17, 15) is 0 Å². The van der Waals surface area contributed by atoms with Crippen LogP contribution in [0.25, 0.3) is 11.1 Å². The van der Waals surface area contributed by atoms with Gasteiger partial charge in [-0.2, -0.15) is 0 Å². The first kappa shape index (κ1) is 5.84. The van der Waals surface area contributed by atoms with Crippen molar-refractivity contribution in [2.45, 2.75) is 5.41 Å². The molecule has 0 N–H and O–H groups in total. The SMILES string of the molecule is [2H]c1c([2H])c([2H])c(C2(c3c([2H])c([2H])c([2H])c([2H])c3[2H])c3c([2H])c([2H])c([2H])c([2H])c3-c3c([2H])c([2H])c(Cl)c([2H])c32)c([2H])c1[2H]. The summed E-state index contributed by atoms with van der Waals surface area (Å²) in [6.07, 6.45) is 0. The fourth-order valence-corrected chi connectivity index (χ4v) is 3.40. The van der Waals surface area contributed by atoms with E-state index in [1.807, 2.05) is 0 Å². The molecule has 0 radical (unpaired) electrons. The monoisotopic (exact) mass is 369 g/mol. The van der Waals surface area contributed by atoms with Gasteiger partial charge in [0.25, 0.3) is 0 Å². The van der Waals surface area contributed by atoms with Gasteiger partial charge in [-0.25, -0.2) is 0 Å². The van der Waals surface area contributed by atoms with Crippen LogP contribution in [0, 0.1) is 0 Å². The zero-order valence-corrected chi connectivity index (χ0v) is 13.6. The second kappa shape index (κ2) is 5.86. The molecule has 0 saturated heterocycles. The number of benzene rings is 4. The van der Waals surface area contributed by atoms with Gasteiger partial charge in [-0.1, -0.05) is 102 Å². The molecule has 0 spiro atoms. The molecule has 26 heavy (non-hydrogen) atoms. The van der Waals surface area contributed by atoms with Crippen LogP contribution in [0.5, 0.6) is 0 Å². The molecule has 1 heteroatoms. The molecule has 4 aromatic rings. The van der Waals surface area contributed by atoms with Crippen LogP contribution in [0.1, 0.15) is 45.6 Å². The number of halogens is 1. The Labute approximate surface area is 182 Å². The standard InChI is InChI=1S/C25H17Cl/c26-20-15-16-22-21-13-7-8-14-23(21)25(24(22)17-20,18-9-3-1-4-10-18)19-11-5-2-6-12-19/h1-17H/i1D,2D,3D,4D,5D,6D,7D,8D,9D,10D,11D,12D,13D,14D,15D,16D,17D. The van der Waals surface area contributed by atoms with Crippen molar-refractivity contribution >= 4 is 11.6 Å². The molecule has 0 aromatic heterocycles. The average molecular weight is 370 g/mol. The minimum atomic E-state index is -2.80. The van der Waals surface area contributed by atoms with Crippen LogP contribution in [0.3, 0.4) is 0 Å². The summed E-state index contributed by atoms with van der Waals surface area (Å²) >= 11 is 6.33. The summed E-state index contributed by atoms with van der Waals surface area (Å²) in [5.74, 6) is 0. The minimum Gasteiger partial charge on any atom is -0.0843 e. The summed E-state index contributed by atoms with van der Waals surface area (Å²) in [6.45, 7) is 0. The largest absolute Gasteiger partial charge is 0.0843 e. The highest BCUT2D eigenvalue weighted by molar-refractivity contribution is 6.30. The van der Waals surface area contributed by atoms with E-state index < -0.39 is 147 Å². The molecule has 4 aromatic carbocycles. The molecule has 124 valence electrons. The first-order valence-electron chi connectivity index (χ1n) is 15.9. The van der Waals surface area contributed by atoms with Crippen LogP contribution in [0.2, 0.25) is 5.02 Å². The summed E-state index contributed by atoms with van der Waals surface area (Å²) in [5, 5.41) is -0.670. The third-order valence-corrected chi connectivity index (χ3v) is 4.41. The van der Waals surface area contributed by atoms with E-state index in [4.69, 9.17) is 34.9 Å². The second-order valence-corrected chi connectivity index (χ2v) is 5.82. The predicted octanol–water partition coefficient (Wildman–Crippen LogP) is 6.70. The lowest BCUT2D eigenvalue weighted by molar-refractivity contribution is 0.768. The molecular formula is C25H17Cl. The third-order valence-electron chi connectivity index (χ3n) is 4.22. The van der Waals surface area contributed by atoms with Gasteiger partial charge in [0.05, 0.1) is 28.7 Å². The minimum absolute atomic E-state index is 0.486.